The Hall–Kier alpha value is -4.54. The van der Waals surface area contributed by atoms with E-state index in [4.69, 9.17) is 4.42 Å². The molecular weight excluding hydrogens is 559 g/mol. The highest BCUT2D eigenvalue weighted by atomic mass is 19.4. The summed E-state index contributed by atoms with van der Waals surface area (Å²) in [5.74, 6) is -3.60. The number of nitrogens with zero attached hydrogens (tertiary/aromatic N) is 2. The molecule has 0 radical (unpaired) electrons. The largest absolute Gasteiger partial charge is 0.573 e. The fourth-order valence-electron chi connectivity index (χ4n) is 4.68. The van der Waals surface area contributed by atoms with Crippen molar-refractivity contribution in [2.75, 3.05) is 13.1 Å². The quantitative estimate of drug-likeness (QED) is 0.159. The summed E-state index contributed by atoms with van der Waals surface area (Å²) in [4.78, 5) is 30.4. The normalized spacial score (nSPS) is 15.3. The Morgan fingerprint density at radius 2 is 1.76 bits per heavy atom. The predicted molar refractivity (Wildman–Crippen MR) is 145 cm³/mol. The molecule has 0 spiro atoms. The molecule has 6 nitrogen and oxygen atoms in total. The number of carbonyl (C=O) groups is 2. The number of pyridine rings is 1. The second-order valence-electron chi connectivity index (χ2n) is 9.96. The van der Waals surface area contributed by atoms with E-state index < -0.39 is 36.8 Å². The molecule has 1 aliphatic rings. The van der Waals surface area contributed by atoms with Gasteiger partial charge in [0, 0.05) is 62.1 Å². The number of hydrogen-bond donors (Lipinski definition) is 0. The number of ketones is 1. The van der Waals surface area contributed by atoms with Gasteiger partial charge in [0.15, 0.2) is 17.1 Å². The number of hydrogen-bond acceptors (Lipinski definition) is 5. The van der Waals surface area contributed by atoms with Crippen molar-refractivity contribution in [2.24, 2.45) is 0 Å². The first-order chi connectivity index (χ1) is 20.0. The predicted octanol–water partition coefficient (Wildman–Crippen LogP) is 7.48. The minimum Gasteiger partial charge on any atom is -0.457 e. The highest BCUT2D eigenvalue weighted by Gasteiger charge is 2.36. The Morgan fingerprint density at radius 3 is 2.43 bits per heavy atom. The molecule has 4 aromatic rings. The lowest BCUT2D eigenvalue weighted by atomic mass is 10.0. The number of piperidine rings is 1. The highest BCUT2D eigenvalue weighted by Crippen LogP contribution is 2.38. The third-order valence-electron chi connectivity index (χ3n) is 6.87. The molecule has 3 heterocycles. The van der Waals surface area contributed by atoms with Gasteiger partial charge in [-0.2, -0.15) is 0 Å². The summed E-state index contributed by atoms with van der Waals surface area (Å²) >= 11 is 0. The Balaban J connectivity index is 1.34. The van der Waals surface area contributed by atoms with Crippen LogP contribution in [0.4, 0.5) is 22.0 Å². The first-order valence-electron chi connectivity index (χ1n) is 13.2. The van der Waals surface area contributed by atoms with E-state index in [2.05, 4.69) is 9.72 Å². The van der Waals surface area contributed by atoms with Crippen LogP contribution in [0.25, 0.3) is 28.2 Å². The smallest absolute Gasteiger partial charge is 0.457 e. The van der Waals surface area contributed by atoms with Crippen LogP contribution in [0, 0.1) is 0 Å². The van der Waals surface area contributed by atoms with Crippen LogP contribution in [0.1, 0.15) is 40.9 Å². The molecule has 5 rings (SSSR count). The van der Waals surface area contributed by atoms with Crippen molar-refractivity contribution in [3.63, 3.8) is 0 Å². The number of alkyl halides is 5. The standard InChI is InChI=1S/C31H25F5N2O4/c32-30(33)11-14-38(15-12-30)29(40)22-6-4-21(5-7-22)23-16-24-17-26(41-28(24)27(18-23)42-31(34,35)36)10-9-25(39)8-3-20-2-1-13-37-19-20/h1-8,13,16-19H,9-12,14-15H2/b8-3+. The topological polar surface area (TPSA) is 72.6 Å². The van der Waals surface area contributed by atoms with Gasteiger partial charge in [-0.05, 0) is 65.2 Å². The number of aryl methyl sites for hydroxylation is 1. The van der Waals surface area contributed by atoms with Gasteiger partial charge < -0.3 is 14.1 Å². The van der Waals surface area contributed by atoms with E-state index in [1.54, 1.807) is 54.9 Å². The molecule has 2 aromatic carbocycles. The highest BCUT2D eigenvalue weighted by molar-refractivity contribution is 5.96. The monoisotopic (exact) mass is 584 g/mol. The maximum atomic E-state index is 13.5. The average Bonchev–Trinajstić information content (AvgIpc) is 3.38. The van der Waals surface area contributed by atoms with Crippen molar-refractivity contribution < 1.29 is 40.7 Å². The van der Waals surface area contributed by atoms with Crippen LogP contribution in [0.3, 0.4) is 0 Å². The van der Waals surface area contributed by atoms with Gasteiger partial charge in [-0.15, -0.1) is 13.2 Å². The molecule has 0 atom stereocenters. The third-order valence-corrected chi connectivity index (χ3v) is 6.87. The number of furan rings is 1. The zero-order chi connectivity index (χ0) is 29.9. The van der Waals surface area contributed by atoms with Gasteiger partial charge in [0.05, 0.1) is 0 Å². The number of fused-ring (bicyclic) bond motifs is 1. The van der Waals surface area contributed by atoms with Gasteiger partial charge in [-0.25, -0.2) is 8.78 Å². The maximum Gasteiger partial charge on any atom is 0.573 e. The lowest BCUT2D eigenvalue weighted by molar-refractivity contribution is -0.274. The molecule has 218 valence electrons. The molecule has 1 amide bonds. The van der Waals surface area contributed by atoms with Gasteiger partial charge in [0.2, 0.25) is 0 Å². The molecule has 0 N–H and O–H groups in total. The van der Waals surface area contributed by atoms with E-state index in [1.807, 2.05) is 0 Å². The molecule has 0 unspecified atom stereocenters. The van der Waals surface area contributed by atoms with Crippen molar-refractivity contribution in [2.45, 2.75) is 38.0 Å². The summed E-state index contributed by atoms with van der Waals surface area (Å²) in [5.41, 5.74) is 1.80. The average molecular weight is 585 g/mol. The first-order valence-corrected chi connectivity index (χ1v) is 13.2. The molecule has 42 heavy (non-hydrogen) atoms. The lowest BCUT2D eigenvalue weighted by Gasteiger charge is -2.31. The van der Waals surface area contributed by atoms with Crippen molar-refractivity contribution >= 4 is 28.7 Å². The third kappa shape index (κ3) is 7.20. The molecular formula is C31H25F5N2O4. The number of benzene rings is 2. The lowest BCUT2D eigenvalue weighted by Crippen LogP contribution is -2.42. The zero-order valence-corrected chi connectivity index (χ0v) is 22.2. The van der Waals surface area contributed by atoms with Gasteiger partial charge in [0.1, 0.15) is 5.76 Å². The Labute approximate surface area is 237 Å². The van der Waals surface area contributed by atoms with E-state index in [-0.39, 0.29) is 42.9 Å². The number of rotatable bonds is 8. The van der Waals surface area contributed by atoms with Crippen molar-refractivity contribution in [1.29, 1.82) is 0 Å². The first kappa shape index (κ1) is 29.0. The Bertz CT molecular complexity index is 1600. The van der Waals surface area contributed by atoms with E-state index in [1.165, 1.54) is 29.2 Å². The molecule has 11 heteroatoms. The van der Waals surface area contributed by atoms with E-state index in [0.717, 1.165) is 5.56 Å². The van der Waals surface area contributed by atoms with Gasteiger partial charge >= 0.3 is 6.36 Å². The summed E-state index contributed by atoms with van der Waals surface area (Å²) in [6.07, 6.45) is 0.699. The van der Waals surface area contributed by atoms with Crippen molar-refractivity contribution in [1.82, 2.24) is 9.88 Å². The minimum absolute atomic E-state index is 0.0579. The van der Waals surface area contributed by atoms with Crippen molar-refractivity contribution in [3.05, 3.63) is 90.0 Å². The van der Waals surface area contributed by atoms with Gasteiger partial charge in [-0.3, -0.25) is 14.6 Å². The molecule has 1 saturated heterocycles. The zero-order valence-electron chi connectivity index (χ0n) is 22.2. The summed E-state index contributed by atoms with van der Waals surface area (Å²) in [6, 6.07) is 14.0. The number of amides is 1. The van der Waals surface area contributed by atoms with Crippen LogP contribution in [-0.2, 0) is 11.2 Å². The molecule has 0 aliphatic carbocycles. The number of likely N-dealkylation sites (tertiary alicyclic amines) is 1. The van der Waals surface area contributed by atoms with Crippen LogP contribution in [0.15, 0.2) is 77.5 Å². The van der Waals surface area contributed by atoms with E-state index in [9.17, 15) is 31.5 Å². The molecule has 2 aromatic heterocycles. The summed E-state index contributed by atoms with van der Waals surface area (Å²) < 4.78 is 76.6. The minimum atomic E-state index is -4.98. The van der Waals surface area contributed by atoms with E-state index in [0.29, 0.717) is 22.3 Å². The molecule has 1 aliphatic heterocycles. The maximum absolute atomic E-state index is 13.5. The SMILES string of the molecule is O=C(/C=C/c1cccnc1)CCc1cc2cc(-c3ccc(C(=O)N4CCC(F)(F)CC4)cc3)cc(OC(F)(F)F)c2o1. The number of halogens is 5. The summed E-state index contributed by atoms with van der Waals surface area (Å²) in [6.45, 7) is -0.116. The number of allylic oxidation sites excluding steroid dienone is 1. The van der Waals surface area contributed by atoms with E-state index >= 15 is 0 Å². The molecule has 0 bridgehead atoms. The second-order valence-corrected chi connectivity index (χ2v) is 9.96. The van der Waals surface area contributed by atoms with Crippen LogP contribution < -0.4 is 4.74 Å². The van der Waals surface area contributed by atoms with Crippen LogP contribution in [0.5, 0.6) is 5.75 Å². The molecule has 1 fully saturated rings. The summed E-state index contributed by atoms with van der Waals surface area (Å²) in [5, 5.41) is 0.342. The number of aromatic nitrogens is 1. The fraction of sp³-hybridized carbons (Fsp3) is 0.258. The molecule has 0 saturated carbocycles. The van der Waals surface area contributed by atoms with Gasteiger partial charge in [0.25, 0.3) is 11.8 Å². The Morgan fingerprint density at radius 1 is 1.02 bits per heavy atom. The van der Waals surface area contributed by atoms with Crippen LogP contribution in [0.2, 0.25) is 0 Å². The van der Waals surface area contributed by atoms with Crippen LogP contribution >= 0.6 is 0 Å². The number of carbonyl (C=O) groups excluding carboxylic acids is 2. The van der Waals surface area contributed by atoms with Crippen molar-refractivity contribution in [3.8, 4) is 16.9 Å². The fourth-order valence-corrected chi connectivity index (χ4v) is 4.68. The summed E-state index contributed by atoms with van der Waals surface area (Å²) in [7, 11) is 0. The van der Waals surface area contributed by atoms with Gasteiger partial charge in [-0.1, -0.05) is 18.2 Å². The Kier molecular flexibility index (Phi) is 8.11. The number of ether oxygens (including phenoxy) is 1. The second kappa shape index (κ2) is 11.8. The van der Waals surface area contributed by atoms with Crippen LogP contribution in [-0.4, -0.2) is 46.9 Å².